The van der Waals surface area contributed by atoms with E-state index in [0.29, 0.717) is 0 Å². The summed E-state index contributed by atoms with van der Waals surface area (Å²) >= 11 is 0. The number of aromatic nitrogens is 2. The van der Waals surface area contributed by atoms with Gasteiger partial charge in [0.15, 0.2) is 0 Å². The quantitative estimate of drug-likeness (QED) is 0.922. The number of halogens is 1. The predicted molar refractivity (Wildman–Crippen MR) is 91.6 cm³/mol. The SMILES string of the molecule is Fc1ccc(-n2ccc(CN3CCN(C4CCNC4)CC3)n2)cc1. The maximum atomic E-state index is 13.0. The first-order chi connectivity index (χ1) is 11.8. The van der Waals surface area contributed by atoms with Crippen molar-refractivity contribution in [2.75, 3.05) is 39.3 Å². The van der Waals surface area contributed by atoms with Gasteiger partial charge in [-0.15, -0.1) is 0 Å². The van der Waals surface area contributed by atoms with Crippen molar-refractivity contribution in [2.24, 2.45) is 0 Å². The van der Waals surface area contributed by atoms with Gasteiger partial charge in [0.1, 0.15) is 5.82 Å². The lowest BCUT2D eigenvalue weighted by atomic mass is 10.2. The van der Waals surface area contributed by atoms with Gasteiger partial charge >= 0.3 is 0 Å². The maximum absolute atomic E-state index is 13.0. The molecule has 3 heterocycles. The van der Waals surface area contributed by atoms with E-state index in [0.717, 1.165) is 63.2 Å². The third-order valence-electron chi connectivity index (χ3n) is 5.08. The highest BCUT2D eigenvalue weighted by Gasteiger charge is 2.26. The van der Waals surface area contributed by atoms with Crippen LogP contribution in [-0.2, 0) is 6.54 Å². The predicted octanol–water partition coefficient (Wildman–Crippen LogP) is 1.49. The molecule has 128 valence electrons. The number of rotatable bonds is 4. The molecule has 1 atom stereocenters. The van der Waals surface area contributed by atoms with Crippen molar-refractivity contribution in [3.63, 3.8) is 0 Å². The van der Waals surface area contributed by atoms with Crippen LogP contribution in [0.5, 0.6) is 0 Å². The average molecular weight is 329 g/mol. The Labute approximate surface area is 142 Å². The van der Waals surface area contributed by atoms with Gasteiger partial charge in [0, 0.05) is 51.5 Å². The second-order valence-electron chi connectivity index (χ2n) is 6.69. The van der Waals surface area contributed by atoms with E-state index in [2.05, 4.69) is 26.3 Å². The van der Waals surface area contributed by atoms with Gasteiger partial charge in [-0.3, -0.25) is 9.80 Å². The molecular formula is C18H24FN5. The molecule has 1 unspecified atom stereocenters. The summed E-state index contributed by atoms with van der Waals surface area (Å²) < 4.78 is 14.8. The Morgan fingerprint density at radius 2 is 1.88 bits per heavy atom. The number of benzene rings is 1. The average Bonchev–Trinajstić information content (AvgIpc) is 3.28. The maximum Gasteiger partial charge on any atom is 0.123 e. The Kier molecular flexibility index (Phi) is 4.60. The fraction of sp³-hybridized carbons (Fsp3) is 0.500. The fourth-order valence-corrected chi connectivity index (χ4v) is 3.65. The van der Waals surface area contributed by atoms with Gasteiger partial charge in [-0.1, -0.05) is 0 Å². The van der Waals surface area contributed by atoms with E-state index in [-0.39, 0.29) is 5.82 Å². The van der Waals surface area contributed by atoms with Gasteiger partial charge < -0.3 is 5.32 Å². The number of nitrogens with zero attached hydrogens (tertiary/aromatic N) is 4. The van der Waals surface area contributed by atoms with Crippen LogP contribution in [0.2, 0.25) is 0 Å². The molecule has 0 bridgehead atoms. The molecule has 1 aromatic heterocycles. The van der Waals surface area contributed by atoms with E-state index in [9.17, 15) is 4.39 Å². The largest absolute Gasteiger partial charge is 0.315 e. The Bertz CT molecular complexity index is 654. The van der Waals surface area contributed by atoms with Crippen LogP contribution < -0.4 is 5.32 Å². The summed E-state index contributed by atoms with van der Waals surface area (Å²) in [7, 11) is 0. The van der Waals surface area contributed by atoms with Crippen molar-refractivity contribution in [3.8, 4) is 5.69 Å². The van der Waals surface area contributed by atoms with E-state index < -0.39 is 0 Å². The third kappa shape index (κ3) is 3.50. The van der Waals surface area contributed by atoms with Crippen LogP contribution in [0, 0.1) is 5.82 Å². The minimum Gasteiger partial charge on any atom is -0.315 e. The van der Waals surface area contributed by atoms with Gasteiger partial charge in [0.05, 0.1) is 11.4 Å². The van der Waals surface area contributed by atoms with Crippen LogP contribution in [0.15, 0.2) is 36.5 Å². The summed E-state index contributed by atoms with van der Waals surface area (Å²) in [5.41, 5.74) is 1.96. The van der Waals surface area contributed by atoms with E-state index in [1.165, 1.54) is 18.6 Å². The molecular weight excluding hydrogens is 305 g/mol. The molecule has 1 aromatic carbocycles. The molecule has 0 saturated carbocycles. The van der Waals surface area contributed by atoms with Crippen molar-refractivity contribution in [1.29, 1.82) is 0 Å². The highest BCUT2D eigenvalue weighted by Crippen LogP contribution is 2.14. The normalized spacial score (nSPS) is 23.0. The molecule has 5 nitrogen and oxygen atoms in total. The lowest BCUT2D eigenvalue weighted by molar-refractivity contribution is 0.0973. The number of piperazine rings is 1. The molecule has 6 heteroatoms. The first-order valence-electron chi connectivity index (χ1n) is 8.75. The lowest BCUT2D eigenvalue weighted by Crippen LogP contribution is -2.50. The Morgan fingerprint density at radius 1 is 1.08 bits per heavy atom. The molecule has 2 aliphatic rings. The fourth-order valence-electron chi connectivity index (χ4n) is 3.65. The highest BCUT2D eigenvalue weighted by molar-refractivity contribution is 5.31. The van der Waals surface area contributed by atoms with Gasteiger partial charge in [0.25, 0.3) is 0 Å². The van der Waals surface area contributed by atoms with Gasteiger partial charge in [-0.25, -0.2) is 9.07 Å². The van der Waals surface area contributed by atoms with Crippen molar-refractivity contribution >= 4 is 0 Å². The first-order valence-corrected chi connectivity index (χ1v) is 8.75. The summed E-state index contributed by atoms with van der Waals surface area (Å²) in [6.45, 7) is 7.66. The third-order valence-corrected chi connectivity index (χ3v) is 5.08. The lowest BCUT2D eigenvalue weighted by Gasteiger charge is -2.37. The second-order valence-corrected chi connectivity index (χ2v) is 6.69. The molecule has 2 aliphatic heterocycles. The Morgan fingerprint density at radius 3 is 2.58 bits per heavy atom. The topological polar surface area (TPSA) is 36.3 Å². The summed E-state index contributed by atoms with van der Waals surface area (Å²) in [6.07, 6.45) is 3.23. The van der Waals surface area contributed by atoms with E-state index in [1.807, 2.05) is 10.9 Å². The van der Waals surface area contributed by atoms with Crippen LogP contribution in [0.25, 0.3) is 5.69 Å². The Hall–Kier alpha value is -1.76. The van der Waals surface area contributed by atoms with E-state index >= 15 is 0 Å². The number of hydrogen-bond acceptors (Lipinski definition) is 4. The Balaban J connectivity index is 1.32. The van der Waals surface area contributed by atoms with Crippen LogP contribution in [0.4, 0.5) is 4.39 Å². The van der Waals surface area contributed by atoms with Gasteiger partial charge in [-0.2, -0.15) is 5.10 Å². The van der Waals surface area contributed by atoms with Gasteiger partial charge in [0.2, 0.25) is 0 Å². The zero-order valence-electron chi connectivity index (χ0n) is 13.9. The first kappa shape index (κ1) is 15.7. The summed E-state index contributed by atoms with van der Waals surface area (Å²) in [5.74, 6) is -0.221. The standard InChI is InChI=1S/C18H24FN5/c19-15-1-3-17(4-2-15)24-8-6-16(21-24)14-22-9-11-23(12-10-22)18-5-7-20-13-18/h1-4,6,8,18,20H,5,7,9-14H2. The number of nitrogens with one attached hydrogen (secondary N) is 1. The highest BCUT2D eigenvalue weighted by atomic mass is 19.1. The van der Waals surface area contributed by atoms with Crippen molar-refractivity contribution < 1.29 is 4.39 Å². The van der Waals surface area contributed by atoms with E-state index in [1.54, 1.807) is 12.1 Å². The van der Waals surface area contributed by atoms with Crippen LogP contribution >= 0.6 is 0 Å². The number of hydrogen-bond donors (Lipinski definition) is 1. The minimum absolute atomic E-state index is 0.221. The molecule has 4 rings (SSSR count). The summed E-state index contributed by atoms with van der Waals surface area (Å²) in [4.78, 5) is 5.09. The molecule has 2 saturated heterocycles. The zero-order valence-corrected chi connectivity index (χ0v) is 13.9. The van der Waals surface area contributed by atoms with Crippen LogP contribution in [0.3, 0.4) is 0 Å². The second kappa shape index (κ2) is 7.01. The molecule has 0 amide bonds. The molecule has 0 radical (unpaired) electrons. The molecule has 1 N–H and O–H groups in total. The van der Waals surface area contributed by atoms with Crippen LogP contribution in [0.1, 0.15) is 12.1 Å². The van der Waals surface area contributed by atoms with E-state index in [4.69, 9.17) is 0 Å². The zero-order chi connectivity index (χ0) is 16.4. The van der Waals surface area contributed by atoms with Crippen molar-refractivity contribution in [2.45, 2.75) is 19.0 Å². The summed E-state index contributed by atoms with van der Waals surface area (Å²) in [6, 6.07) is 9.21. The molecule has 0 spiro atoms. The van der Waals surface area contributed by atoms with Gasteiger partial charge in [-0.05, 0) is 43.3 Å². The molecule has 0 aliphatic carbocycles. The summed E-state index contributed by atoms with van der Waals surface area (Å²) in [5, 5.41) is 8.08. The molecule has 2 fully saturated rings. The van der Waals surface area contributed by atoms with Crippen molar-refractivity contribution in [1.82, 2.24) is 24.9 Å². The molecule has 2 aromatic rings. The molecule has 24 heavy (non-hydrogen) atoms. The van der Waals surface area contributed by atoms with Crippen molar-refractivity contribution in [3.05, 3.63) is 48.0 Å². The monoisotopic (exact) mass is 329 g/mol. The smallest absolute Gasteiger partial charge is 0.123 e. The van der Waals surface area contributed by atoms with Crippen LogP contribution in [-0.4, -0.2) is 64.9 Å². The minimum atomic E-state index is -0.221.